The lowest BCUT2D eigenvalue weighted by atomic mass is 10.2. The van der Waals surface area contributed by atoms with Gasteiger partial charge in [-0.3, -0.25) is 4.68 Å². The minimum Gasteiger partial charge on any atom is -0.387 e. The van der Waals surface area contributed by atoms with Gasteiger partial charge in [0.25, 0.3) is 0 Å². The molecule has 86 valence electrons. The number of aliphatic hydroxyl groups excluding tert-OH is 1. The van der Waals surface area contributed by atoms with Crippen molar-refractivity contribution in [2.24, 2.45) is 0 Å². The molecule has 0 spiro atoms. The van der Waals surface area contributed by atoms with E-state index in [1.54, 1.807) is 6.20 Å². The topological polar surface area (TPSA) is 38.1 Å². The van der Waals surface area contributed by atoms with Crippen LogP contribution in [0, 0.1) is 0 Å². The van der Waals surface area contributed by atoms with Crippen LogP contribution in [-0.2, 0) is 6.54 Å². The maximum atomic E-state index is 9.90. The van der Waals surface area contributed by atoms with E-state index in [4.69, 9.17) is 0 Å². The Bertz CT molecular complexity index is 288. The van der Waals surface area contributed by atoms with Crippen molar-refractivity contribution in [2.45, 2.75) is 45.1 Å². The molecule has 0 saturated carbocycles. The first-order valence-corrected chi connectivity index (χ1v) is 6.54. The maximum Gasteiger partial charge on any atom is 0.0910 e. The van der Waals surface area contributed by atoms with E-state index in [1.807, 2.05) is 29.6 Å². The fourth-order valence-electron chi connectivity index (χ4n) is 1.19. The van der Waals surface area contributed by atoms with Crippen LogP contribution in [0.15, 0.2) is 12.4 Å². The van der Waals surface area contributed by atoms with E-state index in [2.05, 4.69) is 18.9 Å². The number of hydrogen-bond acceptors (Lipinski definition) is 3. The lowest BCUT2D eigenvalue weighted by Crippen LogP contribution is -2.03. The zero-order valence-electron chi connectivity index (χ0n) is 9.68. The number of hydrogen-bond donors (Lipinski definition) is 1. The number of thioether (sulfide) groups is 1. The highest BCUT2D eigenvalue weighted by molar-refractivity contribution is 7.99. The Kier molecular flexibility index (Phi) is 5.19. The molecule has 0 aromatic carbocycles. The van der Waals surface area contributed by atoms with E-state index in [0.717, 1.165) is 24.3 Å². The number of aromatic nitrogens is 2. The SMILES string of the molecule is CCC(C)SCC(O)c1cnn(CC)c1. The van der Waals surface area contributed by atoms with Gasteiger partial charge in [-0.15, -0.1) is 0 Å². The second-order valence-electron chi connectivity index (χ2n) is 3.70. The number of nitrogens with zero attached hydrogens (tertiary/aromatic N) is 2. The molecule has 0 amide bonds. The lowest BCUT2D eigenvalue weighted by molar-refractivity contribution is 0.204. The zero-order chi connectivity index (χ0) is 11.3. The molecule has 2 unspecified atom stereocenters. The monoisotopic (exact) mass is 228 g/mol. The fourth-order valence-corrected chi connectivity index (χ4v) is 2.13. The van der Waals surface area contributed by atoms with Gasteiger partial charge in [0, 0.05) is 29.3 Å². The summed E-state index contributed by atoms with van der Waals surface area (Å²) in [5, 5.41) is 14.7. The van der Waals surface area contributed by atoms with Crippen molar-refractivity contribution in [1.29, 1.82) is 0 Å². The molecule has 3 nitrogen and oxygen atoms in total. The summed E-state index contributed by atoms with van der Waals surface area (Å²) < 4.78 is 1.84. The Morgan fingerprint density at radius 3 is 2.80 bits per heavy atom. The minimum absolute atomic E-state index is 0.385. The Hall–Kier alpha value is -0.480. The molecule has 0 aliphatic heterocycles. The van der Waals surface area contributed by atoms with Gasteiger partial charge < -0.3 is 5.11 Å². The first kappa shape index (κ1) is 12.6. The molecule has 0 saturated heterocycles. The van der Waals surface area contributed by atoms with Gasteiger partial charge in [-0.05, 0) is 13.3 Å². The van der Waals surface area contributed by atoms with Gasteiger partial charge in [-0.1, -0.05) is 13.8 Å². The molecule has 1 N–H and O–H groups in total. The summed E-state index contributed by atoms with van der Waals surface area (Å²) in [5.41, 5.74) is 0.924. The van der Waals surface area contributed by atoms with E-state index in [0.29, 0.717) is 5.25 Å². The molecular formula is C11H20N2OS. The Balaban J connectivity index is 2.42. The molecule has 1 aromatic heterocycles. The average molecular weight is 228 g/mol. The molecule has 15 heavy (non-hydrogen) atoms. The van der Waals surface area contributed by atoms with Gasteiger partial charge in [0.2, 0.25) is 0 Å². The first-order chi connectivity index (χ1) is 7.17. The second-order valence-corrected chi connectivity index (χ2v) is 5.17. The van der Waals surface area contributed by atoms with Crippen LogP contribution in [0.3, 0.4) is 0 Å². The minimum atomic E-state index is -0.385. The third-order valence-electron chi connectivity index (χ3n) is 2.48. The van der Waals surface area contributed by atoms with Crippen molar-refractivity contribution >= 4 is 11.8 Å². The third kappa shape index (κ3) is 3.87. The molecule has 4 heteroatoms. The molecule has 0 bridgehead atoms. The van der Waals surface area contributed by atoms with E-state index < -0.39 is 0 Å². The molecule has 0 fully saturated rings. The van der Waals surface area contributed by atoms with Crippen LogP contribution in [0.25, 0.3) is 0 Å². The smallest absolute Gasteiger partial charge is 0.0910 e. The van der Waals surface area contributed by atoms with E-state index >= 15 is 0 Å². The van der Waals surface area contributed by atoms with Crippen LogP contribution >= 0.6 is 11.8 Å². The number of aliphatic hydroxyl groups is 1. The van der Waals surface area contributed by atoms with Crippen LogP contribution in [0.5, 0.6) is 0 Å². The van der Waals surface area contributed by atoms with Gasteiger partial charge in [-0.25, -0.2) is 0 Å². The summed E-state index contributed by atoms with van der Waals surface area (Å²) in [6.07, 6.45) is 4.43. The summed E-state index contributed by atoms with van der Waals surface area (Å²) in [4.78, 5) is 0. The van der Waals surface area contributed by atoms with Gasteiger partial charge >= 0.3 is 0 Å². The third-order valence-corrected chi connectivity index (χ3v) is 3.89. The predicted molar refractivity (Wildman–Crippen MR) is 65.1 cm³/mol. The quantitative estimate of drug-likeness (QED) is 0.813. The molecular weight excluding hydrogens is 208 g/mol. The maximum absolute atomic E-state index is 9.90. The molecule has 0 aliphatic carbocycles. The van der Waals surface area contributed by atoms with Crippen LogP contribution in [0.2, 0.25) is 0 Å². The zero-order valence-corrected chi connectivity index (χ0v) is 10.5. The Morgan fingerprint density at radius 1 is 1.53 bits per heavy atom. The largest absolute Gasteiger partial charge is 0.387 e. The van der Waals surface area contributed by atoms with Gasteiger partial charge in [0.1, 0.15) is 0 Å². The Morgan fingerprint density at radius 2 is 2.27 bits per heavy atom. The van der Waals surface area contributed by atoms with E-state index in [9.17, 15) is 5.11 Å². The fraction of sp³-hybridized carbons (Fsp3) is 0.727. The van der Waals surface area contributed by atoms with Crippen molar-refractivity contribution in [3.63, 3.8) is 0 Å². The summed E-state index contributed by atoms with van der Waals surface area (Å²) in [7, 11) is 0. The predicted octanol–water partition coefficient (Wildman–Crippen LogP) is 2.47. The summed E-state index contributed by atoms with van der Waals surface area (Å²) >= 11 is 1.81. The second kappa shape index (κ2) is 6.18. The van der Waals surface area contributed by atoms with Crippen LogP contribution in [-0.4, -0.2) is 25.9 Å². The van der Waals surface area contributed by atoms with Crippen LogP contribution in [0.4, 0.5) is 0 Å². The van der Waals surface area contributed by atoms with Crippen molar-refractivity contribution in [3.05, 3.63) is 18.0 Å². The van der Waals surface area contributed by atoms with Crippen LogP contribution in [0.1, 0.15) is 38.9 Å². The Labute approximate surface area is 95.9 Å². The average Bonchev–Trinajstić information content (AvgIpc) is 2.73. The van der Waals surface area contributed by atoms with Crippen molar-refractivity contribution < 1.29 is 5.11 Å². The first-order valence-electron chi connectivity index (χ1n) is 5.49. The van der Waals surface area contributed by atoms with E-state index in [1.165, 1.54) is 0 Å². The molecule has 0 radical (unpaired) electrons. The molecule has 2 atom stereocenters. The standard InChI is InChI=1S/C11H20N2OS/c1-4-9(3)15-8-11(14)10-6-12-13(5-2)7-10/h6-7,9,11,14H,4-5,8H2,1-3H3. The van der Waals surface area contributed by atoms with Crippen molar-refractivity contribution in [2.75, 3.05) is 5.75 Å². The van der Waals surface area contributed by atoms with Gasteiger partial charge in [-0.2, -0.15) is 16.9 Å². The molecule has 1 heterocycles. The molecule has 0 aliphatic rings. The summed E-state index contributed by atoms with van der Waals surface area (Å²) in [5.74, 6) is 0.754. The van der Waals surface area contributed by atoms with Crippen molar-refractivity contribution in [3.8, 4) is 0 Å². The molecule has 1 rings (SSSR count). The number of rotatable bonds is 6. The highest BCUT2D eigenvalue weighted by Gasteiger charge is 2.11. The van der Waals surface area contributed by atoms with Gasteiger partial charge in [0.15, 0.2) is 0 Å². The summed E-state index contributed by atoms with van der Waals surface area (Å²) in [6, 6.07) is 0. The summed E-state index contributed by atoms with van der Waals surface area (Å²) in [6.45, 7) is 7.24. The highest BCUT2D eigenvalue weighted by Crippen LogP contribution is 2.22. The normalized spacial score (nSPS) is 15.2. The number of aryl methyl sites for hydroxylation is 1. The molecule has 1 aromatic rings. The van der Waals surface area contributed by atoms with Crippen LogP contribution < -0.4 is 0 Å². The van der Waals surface area contributed by atoms with Crippen molar-refractivity contribution in [1.82, 2.24) is 9.78 Å². The van der Waals surface area contributed by atoms with E-state index in [-0.39, 0.29) is 6.10 Å². The highest BCUT2D eigenvalue weighted by atomic mass is 32.2. The lowest BCUT2D eigenvalue weighted by Gasteiger charge is -2.11. The van der Waals surface area contributed by atoms with Gasteiger partial charge in [0.05, 0.1) is 12.3 Å².